The predicted octanol–water partition coefficient (Wildman–Crippen LogP) is 2.61. The third kappa shape index (κ3) is 4.19. The lowest BCUT2D eigenvalue weighted by Gasteiger charge is -2.29. The van der Waals surface area contributed by atoms with Crippen LogP contribution in [0.2, 0.25) is 0 Å². The van der Waals surface area contributed by atoms with Crippen LogP contribution in [-0.4, -0.2) is 59.7 Å². The summed E-state index contributed by atoms with van der Waals surface area (Å²) in [6.07, 6.45) is 5.03. The zero-order valence-corrected chi connectivity index (χ0v) is 14.2. The third-order valence-corrected chi connectivity index (χ3v) is 5.32. The van der Waals surface area contributed by atoms with E-state index < -0.39 is 0 Å². The molecule has 1 saturated heterocycles. The van der Waals surface area contributed by atoms with Crippen molar-refractivity contribution >= 4 is 35.2 Å². The van der Waals surface area contributed by atoms with E-state index in [9.17, 15) is 0 Å². The Morgan fingerprint density at radius 3 is 2.85 bits per heavy atom. The lowest BCUT2D eigenvalue weighted by atomic mass is 10.2. The van der Waals surface area contributed by atoms with Crippen molar-refractivity contribution in [3.05, 3.63) is 12.4 Å². The summed E-state index contributed by atoms with van der Waals surface area (Å²) in [5.41, 5.74) is 0. The molecule has 0 saturated carbocycles. The zero-order chi connectivity index (χ0) is 14.4. The van der Waals surface area contributed by atoms with Gasteiger partial charge in [-0.15, -0.1) is 0 Å². The number of anilines is 2. The van der Waals surface area contributed by atoms with Crippen LogP contribution in [-0.2, 0) is 0 Å². The largest absolute Gasteiger partial charge is 0.357 e. The van der Waals surface area contributed by atoms with Gasteiger partial charge in [0.15, 0.2) is 0 Å². The van der Waals surface area contributed by atoms with Crippen LogP contribution in [0.3, 0.4) is 0 Å². The van der Waals surface area contributed by atoms with Crippen LogP contribution < -0.4 is 9.80 Å². The third-order valence-electron chi connectivity index (χ3n) is 3.74. The van der Waals surface area contributed by atoms with E-state index in [4.69, 9.17) is 0 Å². The Hall–Kier alpha value is -0.620. The fourth-order valence-electron chi connectivity index (χ4n) is 2.20. The number of hydrogen-bond acceptors (Lipinski definition) is 6. The molecule has 1 aliphatic rings. The number of nitrogens with zero attached hydrogens (tertiary/aromatic N) is 4. The van der Waals surface area contributed by atoms with Gasteiger partial charge in [-0.25, -0.2) is 9.97 Å². The highest BCUT2D eigenvalue weighted by Gasteiger charge is 2.16. The van der Waals surface area contributed by atoms with Gasteiger partial charge in [-0.05, 0) is 25.4 Å². The topological polar surface area (TPSA) is 32.3 Å². The van der Waals surface area contributed by atoms with Crippen molar-refractivity contribution in [3.63, 3.8) is 0 Å². The second-order valence-electron chi connectivity index (χ2n) is 5.08. The lowest BCUT2D eigenvalue weighted by molar-refractivity contribution is 0.661. The van der Waals surface area contributed by atoms with Crippen LogP contribution in [0.5, 0.6) is 0 Å². The van der Waals surface area contributed by atoms with Crippen LogP contribution in [0.25, 0.3) is 0 Å². The molecule has 0 amide bonds. The molecule has 4 nitrogen and oxygen atoms in total. The van der Waals surface area contributed by atoms with E-state index in [1.807, 2.05) is 23.5 Å². The number of rotatable bonds is 6. The van der Waals surface area contributed by atoms with Gasteiger partial charge < -0.3 is 9.80 Å². The molecule has 1 aliphatic heterocycles. The van der Waals surface area contributed by atoms with Crippen LogP contribution >= 0.6 is 23.5 Å². The highest BCUT2D eigenvalue weighted by molar-refractivity contribution is 7.99. The van der Waals surface area contributed by atoms with Gasteiger partial charge in [0.05, 0.1) is 0 Å². The SMILES string of the molecule is CSCC[C@@H](C)N(C)c1cc(N2CCSCC2)ncn1. The molecule has 0 bridgehead atoms. The Morgan fingerprint density at radius 1 is 1.40 bits per heavy atom. The maximum absolute atomic E-state index is 4.44. The van der Waals surface area contributed by atoms with E-state index in [1.165, 1.54) is 23.7 Å². The first-order valence-corrected chi connectivity index (χ1v) is 9.63. The molecule has 1 aromatic heterocycles. The molecular weight excluding hydrogens is 288 g/mol. The normalized spacial score (nSPS) is 17.1. The van der Waals surface area contributed by atoms with Crippen molar-refractivity contribution in [2.45, 2.75) is 19.4 Å². The summed E-state index contributed by atoms with van der Waals surface area (Å²) >= 11 is 3.92. The highest BCUT2D eigenvalue weighted by atomic mass is 32.2. The van der Waals surface area contributed by atoms with Gasteiger partial charge in [-0.3, -0.25) is 0 Å². The van der Waals surface area contributed by atoms with Gasteiger partial charge in [-0.2, -0.15) is 23.5 Å². The van der Waals surface area contributed by atoms with Crippen LogP contribution in [0.4, 0.5) is 11.6 Å². The molecule has 0 N–H and O–H groups in total. The minimum absolute atomic E-state index is 0.502. The van der Waals surface area contributed by atoms with E-state index >= 15 is 0 Å². The van der Waals surface area contributed by atoms with E-state index in [2.05, 4.69) is 46.1 Å². The van der Waals surface area contributed by atoms with Gasteiger partial charge in [0, 0.05) is 43.8 Å². The molecule has 0 aliphatic carbocycles. The Labute approximate surface area is 130 Å². The maximum Gasteiger partial charge on any atom is 0.134 e. The van der Waals surface area contributed by atoms with Crippen molar-refractivity contribution in [2.24, 2.45) is 0 Å². The van der Waals surface area contributed by atoms with Crippen LogP contribution in [0.1, 0.15) is 13.3 Å². The Balaban J connectivity index is 2.04. The van der Waals surface area contributed by atoms with Gasteiger partial charge in [0.1, 0.15) is 18.0 Å². The Morgan fingerprint density at radius 2 is 2.15 bits per heavy atom. The average molecular weight is 313 g/mol. The fraction of sp³-hybridized carbons (Fsp3) is 0.714. The quantitative estimate of drug-likeness (QED) is 0.803. The maximum atomic E-state index is 4.44. The minimum Gasteiger partial charge on any atom is -0.357 e. The van der Waals surface area contributed by atoms with E-state index in [0.29, 0.717) is 6.04 Å². The Bertz CT molecular complexity index is 410. The van der Waals surface area contributed by atoms with Gasteiger partial charge in [-0.1, -0.05) is 0 Å². The molecule has 112 valence electrons. The van der Waals surface area contributed by atoms with E-state index in [0.717, 1.165) is 24.7 Å². The number of thioether (sulfide) groups is 2. The second-order valence-corrected chi connectivity index (χ2v) is 7.29. The summed E-state index contributed by atoms with van der Waals surface area (Å²) in [6, 6.07) is 2.63. The number of aromatic nitrogens is 2. The van der Waals surface area contributed by atoms with Gasteiger partial charge >= 0.3 is 0 Å². The summed E-state index contributed by atoms with van der Waals surface area (Å²) in [6.45, 7) is 4.44. The van der Waals surface area contributed by atoms with Crippen molar-refractivity contribution in [1.82, 2.24) is 9.97 Å². The molecule has 1 atom stereocenters. The monoisotopic (exact) mass is 312 g/mol. The molecule has 6 heteroatoms. The number of hydrogen-bond donors (Lipinski definition) is 0. The lowest BCUT2D eigenvalue weighted by Crippen LogP contribution is -2.34. The minimum atomic E-state index is 0.502. The van der Waals surface area contributed by atoms with Crippen molar-refractivity contribution < 1.29 is 0 Å². The summed E-state index contributed by atoms with van der Waals surface area (Å²) in [5, 5.41) is 0. The molecule has 1 fully saturated rings. The van der Waals surface area contributed by atoms with Crippen LogP contribution in [0.15, 0.2) is 12.4 Å². The average Bonchev–Trinajstić information content (AvgIpc) is 2.53. The second kappa shape index (κ2) is 7.98. The molecule has 20 heavy (non-hydrogen) atoms. The standard InChI is InChI=1S/C14H24N4S2/c1-12(4-7-19-3)17(2)13-10-14(16-11-15-13)18-5-8-20-9-6-18/h10-12H,4-9H2,1-3H3/t12-/m1/s1. The summed E-state index contributed by atoms with van der Waals surface area (Å²) in [7, 11) is 2.13. The fourth-order valence-corrected chi connectivity index (χ4v) is 3.68. The van der Waals surface area contributed by atoms with Crippen molar-refractivity contribution in [2.75, 3.05) is 53.5 Å². The summed E-state index contributed by atoms with van der Waals surface area (Å²) in [5.74, 6) is 5.67. The van der Waals surface area contributed by atoms with E-state index in [-0.39, 0.29) is 0 Å². The van der Waals surface area contributed by atoms with Gasteiger partial charge in [0.2, 0.25) is 0 Å². The first kappa shape index (κ1) is 15.8. The summed E-state index contributed by atoms with van der Waals surface area (Å²) < 4.78 is 0. The molecule has 2 rings (SSSR count). The first-order chi connectivity index (χ1) is 9.72. The molecule has 0 spiro atoms. The van der Waals surface area contributed by atoms with Gasteiger partial charge in [0.25, 0.3) is 0 Å². The molecule has 2 heterocycles. The molecule has 1 aromatic rings. The molecule has 0 unspecified atom stereocenters. The zero-order valence-electron chi connectivity index (χ0n) is 12.6. The molecule has 0 aromatic carbocycles. The predicted molar refractivity (Wildman–Crippen MR) is 92.4 cm³/mol. The first-order valence-electron chi connectivity index (χ1n) is 7.09. The highest BCUT2D eigenvalue weighted by Crippen LogP contribution is 2.22. The molecular formula is C14H24N4S2. The summed E-state index contributed by atoms with van der Waals surface area (Å²) in [4.78, 5) is 13.5. The van der Waals surface area contributed by atoms with E-state index in [1.54, 1.807) is 6.33 Å². The smallest absolute Gasteiger partial charge is 0.134 e. The Kier molecular flexibility index (Phi) is 6.29. The van der Waals surface area contributed by atoms with Crippen molar-refractivity contribution in [1.29, 1.82) is 0 Å². The molecule has 0 radical (unpaired) electrons. The van der Waals surface area contributed by atoms with Crippen molar-refractivity contribution in [3.8, 4) is 0 Å². The van der Waals surface area contributed by atoms with Crippen LogP contribution in [0, 0.1) is 0 Å².